The fraction of sp³-hybridized carbons (Fsp3) is 0.632. The highest BCUT2D eigenvalue weighted by atomic mass is 32.2. The highest BCUT2D eigenvalue weighted by Gasteiger charge is 2.33. The number of carbonyl (C=O) groups excluding carboxylic acids is 1. The summed E-state index contributed by atoms with van der Waals surface area (Å²) in [7, 11) is -3.52. The predicted octanol–water partition coefficient (Wildman–Crippen LogP) is 1.70. The zero-order valence-corrected chi connectivity index (χ0v) is 16.2. The molecule has 1 aromatic carbocycles. The number of carbonyl (C=O) groups is 1. The molecule has 0 atom stereocenters. The maximum Gasteiger partial charge on any atom is 0.253 e. The first kappa shape index (κ1) is 18.9. The maximum atomic E-state index is 12.9. The molecule has 27 heavy (non-hydrogen) atoms. The van der Waals surface area contributed by atoms with Crippen LogP contribution in [0.5, 0.6) is 0 Å². The van der Waals surface area contributed by atoms with Crippen LogP contribution in [-0.2, 0) is 19.5 Å². The van der Waals surface area contributed by atoms with Crippen molar-refractivity contribution in [2.75, 3.05) is 39.4 Å². The van der Waals surface area contributed by atoms with E-state index in [9.17, 15) is 13.2 Å². The third kappa shape index (κ3) is 3.89. The van der Waals surface area contributed by atoms with E-state index in [1.165, 1.54) is 10.4 Å². The minimum Gasteiger partial charge on any atom is -0.350 e. The average molecular weight is 394 g/mol. The summed E-state index contributed by atoms with van der Waals surface area (Å²) < 4.78 is 38.2. The van der Waals surface area contributed by atoms with Gasteiger partial charge in [-0.15, -0.1) is 0 Å². The molecule has 4 rings (SSSR count). The van der Waals surface area contributed by atoms with Crippen LogP contribution in [0.3, 0.4) is 0 Å². The van der Waals surface area contributed by atoms with Crippen LogP contribution in [0.4, 0.5) is 0 Å². The third-order valence-corrected chi connectivity index (χ3v) is 7.54. The second kappa shape index (κ2) is 7.87. The van der Waals surface area contributed by atoms with E-state index >= 15 is 0 Å². The van der Waals surface area contributed by atoms with Gasteiger partial charge in [-0.3, -0.25) is 4.79 Å². The molecular formula is C19H26N2O5S. The molecular weight excluding hydrogens is 368 g/mol. The van der Waals surface area contributed by atoms with Gasteiger partial charge in [-0.1, -0.05) is 6.07 Å². The molecule has 0 aliphatic carbocycles. The van der Waals surface area contributed by atoms with Crippen LogP contribution in [0.15, 0.2) is 29.2 Å². The van der Waals surface area contributed by atoms with Gasteiger partial charge in [-0.05, 0) is 43.9 Å². The van der Waals surface area contributed by atoms with Gasteiger partial charge >= 0.3 is 0 Å². The Morgan fingerprint density at radius 3 is 2.33 bits per heavy atom. The summed E-state index contributed by atoms with van der Waals surface area (Å²) in [5, 5.41) is 0. The molecule has 7 nitrogen and oxygen atoms in total. The average Bonchev–Trinajstić information content (AvgIpc) is 3.42. The smallest absolute Gasteiger partial charge is 0.253 e. The second-order valence-electron chi connectivity index (χ2n) is 7.38. The summed E-state index contributed by atoms with van der Waals surface area (Å²) in [6.45, 7) is 3.66. The Bertz CT molecular complexity index is 777. The highest BCUT2D eigenvalue weighted by molar-refractivity contribution is 7.89. The molecule has 0 saturated carbocycles. The number of rotatable bonds is 4. The predicted molar refractivity (Wildman–Crippen MR) is 98.8 cm³/mol. The van der Waals surface area contributed by atoms with E-state index in [1.807, 2.05) is 0 Å². The van der Waals surface area contributed by atoms with Crippen molar-refractivity contribution in [3.05, 3.63) is 29.8 Å². The van der Waals surface area contributed by atoms with Crippen molar-refractivity contribution in [3.63, 3.8) is 0 Å². The van der Waals surface area contributed by atoms with E-state index < -0.39 is 10.0 Å². The Hall–Kier alpha value is -1.48. The summed E-state index contributed by atoms with van der Waals surface area (Å²) >= 11 is 0. The lowest BCUT2D eigenvalue weighted by atomic mass is 9.95. The van der Waals surface area contributed by atoms with Crippen LogP contribution in [0.1, 0.15) is 36.0 Å². The number of nitrogens with zero attached hydrogens (tertiary/aromatic N) is 2. The Morgan fingerprint density at radius 2 is 1.67 bits per heavy atom. The molecule has 3 fully saturated rings. The van der Waals surface area contributed by atoms with Gasteiger partial charge in [0, 0.05) is 37.7 Å². The van der Waals surface area contributed by atoms with Crippen LogP contribution in [-0.4, -0.2) is 69.2 Å². The molecule has 0 spiro atoms. The van der Waals surface area contributed by atoms with Crippen LogP contribution in [0.2, 0.25) is 0 Å². The van der Waals surface area contributed by atoms with Crippen molar-refractivity contribution < 1.29 is 22.7 Å². The van der Waals surface area contributed by atoms with Gasteiger partial charge in [0.05, 0.1) is 18.1 Å². The largest absolute Gasteiger partial charge is 0.350 e. The van der Waals surface area contributed by atoms with Crippen LogP contribution >= 0.6 is 0 Å². The van der Waals surface area contributed by atoms with Gasteiger partial charge in [0.15, 0.2) is 6.29 Å². The van der Waals surface area contributed by atoms with Gasteiger partial charge in [-0.25, -0.2) is 8.42 Å². The lowest BCUT2D eigenvalue weighted by molar-refractivity contribution is -0.0956. The molecule has 3 aliphatic heterocycles. The van der Waals surface area contributed by atoms with Crippen LogP contribution < -0.4 is 0 Å². The van der Waals surface area contributed by atoms with Crippen molar-refractivity contribution >= 4 is 15.9 Å². The normalized spacial score (nSPS) is 23.2. The van der Waals surface area contributed by atoms with Gasteiger partial charge < -0.3 is 14.4 Å². The zero-order chi connectivity index (χ0) is 18.9. The number of benzene rings is 1. The molecule has 3 saturated heterocycles. The van der Waals surface area contributed by atoms with Gasteiger partial charge in [0.1, 0.15) is 0 Å². The number of amides is 1. The molecule has 3 heterocycles. The summed E-state index contributed by atoms with van der Waals surface area (Å²) in [6, 6.07) is 6.44. The SMILES string of the molecule is O=C(c1cccc(S(=O)(=O)N2CCCC2)c1)N1CCC(C2OCCO2)CC1. The topological polar surface area (TPSA) is 76.2 Å². The van der Waals surface area contributed by atoms with Gasteiger partial charge in [-0.2, -0.15) is 4.31 Å². The fourth-order valence-electron chi connectivity index (χ4n) is 4.07. The van der Waals surface area contributed by atoms with Gasteiger partial charge in [0.25, 0.3) is 5.91 Å². The van der Waals surface area contributed by atoms with E-state index in [0.29, 0.717) is 50.9 Å². The number of hydrogen-bond acceptors (Lipinski definition) is 5. The molecule has 0 N–H and O–H groups in total. The Morgan fingerprint density at radius 1 is 1.00 bits per heavy atom. The van der Waals surface area contributed by atoms with Crippen molar-refractivity contribution in [2.45, 2.75) is 36.9 Å². The fourth-order valence-corrected chi connectivity index (χ4v) is 5.64. The first-order valence-corrected chi connectivity index (χ1v) is 11.1. The quantitative estimate of drug-likeness (QED) is 0.777. The zero-order valence-electron chi connectivity index (χ0n) is 15.4. The Balaban J connectivity index is 1.43. The third-order valence-electron chi connectivity index (χ3n) is 5.64. The number of hydrogen-bond donors (Lipinski definition) is 0. The summed E-state index contributed by atoms with van der Waals surface area (Å²) in [6.07, 6.45) is 3.31. The van der Waals surface area contributed by atoms with Crippen molar-refractivity contribution in [3.8, 4) is 0 Å². The molecule has 0 bridgehead atoms. The molecule has 0 aromatic heterocycles. The molecule has 1 aromatic rings. The van der Waals surface area contributed by atoms with E-state index in [4.69, 9.17) is 9.47 Å². The van der Waals surface area contributed by atoms with E-state index in [0.717, 1.165) is 25.7 Å². The Kier molecular flexibility index (Phi) is 5.50. The van der Waals surface area contributed by atoms with Gasteiger partial charge in [0.2, 0.25) is 10.0 Å². The number of ether oxygens (including phenoxy) is 2. The van der Waals surface area contributed by atoms with E-state index in [2.05, 4.69) is 0 Å². The standard InChI is InChI=1S/C19H26N2O5S/c22-18(20-10-6-15(7-11-20)19-25-12-13-26-19)16-4-3-5-17(14-16)27(23,24)21-8-1-2-9-21/h3-5,14-15,19H,1-2,6-13H2. The summed E-state index contributed by atoms with van der Waals surface area (Å²) in [5.74, 6) is 0.207. The summed E-state index contributed by atoms with van der Waals surface area (Å²) in [5.41, 5.74) is 0.432. The van der Waals surface area contributed by atoms with Crippen LogP contribution in [0.25, 0.3) is 0 Å². The molecule has 148 valence electrons. The minimum atomic E-state index is -3.52. The van der Waals surface area contributed by atoms with Crippen molar-refractivity contribution in [1.29, 1.82) is 0 Å². The highest BCUT2D eigenvalue weighted by Crippen LogP contribution is 2.27. The molecule has 0 radical (unpaired) electrons. The monoisotopic (exact) mass is 394 g/mol. The Labute approximate surface area is 160 Å². The maximum absolute atomic E-state index is 12.9. The lowest BCUT2D eigenvalue weighted by Gasteiger charge is -2.34. The van der Waals surface area contributed by atoms with Crippen LogP contribution in [0, 0.1) is 5.92 Å². The number of piperidine rings is 1. The van der Waals surface area contributed by atoms with Crippen molar-refractivity contribution in [1.82, 2.24) is 9.21 Å². The second-order valence-corrected chi connectivity index (χ2v) is 9.32. The lowest BCUT2D eigenvalue weighted by Crippen LogP contribution is -2.41. The number of sulfonamides is 1. The molecule has 0 unspecified atom stereocenters. The summed E-state index contributed by atoms with van der Waals surface area (Å²) in [4.78, 5) is 14.9. The van der Waals surface area contributed by atoms with E-state index in [1.54, 1.807) is 23.1 Å². The molecule has 8 heteroatoms. The molecule has 1 amide bonds. The molecule has 3 aliphatic rings. The minimum absolute atomic E-state index is 0.111. The van der Waals surface area contributed by atoms with Crippen molar-refractivity contribution in [2.24, 2.45) is 5.92 Å². The number of likely N-dealkylation sites (tertiary alicyclic amines) is 1. The first-order valence-electron chi connectivity index (χ1n) is 9.68. The van der Waals surface area contributed by atoms with E-state index in [-0.39, 0.29) is 17.1 Å². The first-order chi connectivity index (χ1) is 13.1.